The zero-order chi connectivity index (χ0) is 14.9. The van der Waals surface area contributed by atoms with Crippen molar-refractivity contribution in [3.05, 3.63) is 34.9 Å². The van der Waals surface area contributed by atoms with Gasteiger partial charge in [-0.3, -0.25) is 4.79 Å². The molecule has 3 nitrogen and oxygen atoms in total. The molecule has 0 bridgehead atoms. The number of carbonyl (C=O) groups is 1. The van der Waals surface area contributed by atoms with Gasteiger partial charge in [-0.25, -0.2) is 0 Å². The second-order valence-corrected chi connectivity index (χ2v) is 6.80. The van der Waals surface area contributed by atoms with Gasteiger partial charge >= 0.3 is 0 Å². The van der Waals surface area contributed by atoms with E-state index in [0.29, 0.717) is 10.9 Å². The van der Waals surface area contributed by atoms with E-state index in [9.17, 15) is 4.79 Å². The highest BCUT2D eigenvalue weighted by molar-refractivity contribution is 6.30. The third kappa shape index (κ3) is 2.95. The van der Waals surface area contributed by atoms with Crippen LogP contribution in [0.1, 0.15) is 37.7 Å². The van der Waals surface area contributed by atoms with Gasteiger partial charge in [-0.2, -0.15) is 0 Å². The first kappa shape index (κ1) is 14.9. The van der Waals surface area contributed by atoms with Crippen molar-refractivity contribution in [1.29, 1.82) is 0 Å². The van der Waals surface area contributed by atoms with Gasteiger partial charge in [-0.05, 0) is 55.7 Å². The van der Waals surface area contributed by atoms with Crippen molar-refractivity contribution >= 4 is 17.5 Å². The van der Waals surface area contributed by atoms with E-state index < -0.39 is 0 Å². The van der Waals surface area contributed by atoms with Gasteiger partial charge in [0.2, 0.25) is 5.91 Å². The highest BCUT2D eigenvalue weighted by Crippen LogP contribution is 2.50. The number of aliphatic hydroxyl groups excluding tert-OH is 1. The van der Waals surface area contributed by atoms with E-state index in [0.717, 1.165) is 50.8 Å². The molecule has 0 radical (unpaired) electrons. The molecule has 114 valence electrons. The van der Waals surface area contributed by atoms with Crippen LogP contribution in [0.2, 0.25) is 5.02 Å². The van der Waals surface area contributed by atoms with Crippen LogP contribution < -0.4 is 0 Å². The summed E-state index contributed by atoms with van der Waals surface area (Å²) in [5, 5.41) is 9.81. The van der Waals surface area contributed by atoms with Crippen molar-refractivity contribution in [2.45, 2.75) is 37.5 Å². The summed E-state index contributed by atoms with van der Waals surface area (Å²) in [4.78, 5) is 15.0. The molecule has 2 aliphatic rings. The van der Waals surface area contributed by atoms with Gasteiger partial charge in [0.05, 0.1) is 5.41 Å². The van der Waals surface area contributed by atoms with E-state index in [1.807, 2.05) is 29.2 Å². The zero-order valence-electron chi connectivity index (χ0n) is 12.2. The standard InChI is InChI=1S/C17H22ClNO2/c18-15-5-3-14(4-6-15)17(8-9-17)16(21)19-10-1-2-13(12-19)7-11-20/h3-6,13,20H,1-2,7-12H2. The topological polar surface area (TPSA) is 40.5 Å². The molecule has 1 aromatic carbocycles. The Balaban J connectivity index is 1.73. The van der Waals surface area contributed by atoms with Crippen LogP contribution in [0.3, 0.4) is 0 Å². The van der Waals surface area contributed by atoms with Crippen molar-refractivity contribution in [3.8, 4) is 0 Å². The maximum atomic E-state index is 12.9. The van der Waals surface area contributed by atoms with Gasteiger partial charge in [-0.1, -0.05) is 23.7 Å². The monoisotopic (exact) mass is 307 g/mol. The summed E-state index contributed by atoms with van der Waals surface area (Å²) in [5.41, 5.74) is 0.798. The number of hydrogen-bond donors (Lipinski definition) is 1. The Morgan fingerprint density at radius 3 is 2.67 bits per heavy atom. The molecule has 1 aromatic rings. The molecule has 1 heterocycles. The number of carbonyl (C=O) groups excluding carboxylic acids is 1. The van der Waals surface area contributed by atoms with Crippen LogP contribution in [0, 0.1) is 5.92 Å². The number of rotatable bonds is 4. The summed E-state index contributed by atoms with van der Waals surface area (Å²) in [5.74, 6) is 0.723. The maximum Gasteiger partial charge on any atom is 0.233 e. The van der Waals surface area contributed by atoms with Crippen molar-refractivity contribution in [2.24, 2.45) is 5.92 Å². The zero-order valence-corrected chi connectivity index (χ0v) is 13.0. The summed E-state index contributed by atoms with van der Waals surface area (Å²) in [6.07, 6.45) is 4.85. The molecule has 21 heavy (non-hydrogen) atoms. The molecular formula is C17H22ClNO2. The normalized spacial score (nSPS) is 23.9. The number of piperidine rings is 1. The van der Waals surface area contributed by atoms with E-state index in [-0.39, 0.29) is 17.9 Å². The smallest absolute Gasteiger partial charge is 0.233 e. The lowest BCUT2D eigenvalue weighted by atomic mass is 9.90. The molecule has 1 aliphatic carbocycles. The van der Waals surface area contributed by atoms with Crippen LogP contribution >= 0.6 is 11.6 Å². The first-order valence-corrected chi connectivity index (χ1v) is 8.20. The average Bonchev–Trinajstić information content (AvgIpc) is 3.29. The van der Waals surface area contributed by atoms with Crippen LogP contribution in [0.25, 0.3) is 0 Å². The summed E-state index contributed by atoms with van der Waals surface area (Å²) >= 11 is 5.95. The van der Waals surface area contributed by atoms with Crippen molar-refractivity contribution in [2.75, 3.05) is 19.7 Å². The van der Waals surface area contributed by atoms with Gasteiger partial charge in [0, 0.05) is 24.7 Å². The van der Waals surface area contributed by atoms with Gasteiger partial charge in [0.1, 0.15) is 0 Å². The quantitative estimate of drug-likeness (QED) is 0.929. The van der Waals surface area contributed by atoms with Crippen molar-refractivity contribution in [1.82, 2.24) is 4.90 Å². The molecule has 1 saturated heterocycles. The molecule has 4 heteroatoms. The second-order valence-electron chi connectivity index (χ2n) is 6.36. The number of hydrogen-bond acceptors (Lipinski definition) is 2. The number of benzene rings is 1. The molecule has 1 atom stereocenters. The molecule has 3 rings (SSSR count). The molecular weight excluding hydrogens is 286 g/mol. The minimum atomic E-state index is -0.300. The Kier molecular flexibility index (Phi) is 4.23. The Labute approximate surface area is 130 Å². The molecule has 1 amide bonds. The van der Waals surface area contributed by atoms with Crippen LogP contribution in [0.15, 0.2) is 24.3 Å². The Bertz CT molecular complexity index is 508. The second kappa shape index (κ2) is 5.98. The first-order valence-electron chi connectivity index (χ1n) is 7.82. The Morgan fingerprint density at radius 1 is 1.33 bits per heavy atom. The van der Waals surface area contributed by atoms with Crippen LogP contribution in [-0.2, 0) is 10.2 Å². The number of likely N-dealkylation sites (tertiary alicyclic amines) is 1. The van der Waals surface area contributed by atoms with Crippen LogP contribution in [-0.4, -0.2) is 35.6 Å². The molecule has 1 N–H and O–H groups in total. The minimum Gasteiger partial charge on any atom is -0.396 e. The fraction of sp³-hybridized carbons (Fsp3) is 0.588. The predicted octanol–water partition coefficient (Wildman–Crippen LogP) is 2.99. The third-order valence-electron chi connectivity index (χ3n) is 4.90. The van der Waals surface area contributed by atoms with E-state index in [2.05, 4.69) is 0 Å². The fourth-order valence-corrected chi connectivity index (χ4v) is 3.62. The van der Waals surface area contributed by atoms with Gasteiger partial charge < -0.3 is 10.0 Å². The Hall–Kier alpha value is -1.06. The predicted molar refractivity (Wildman–Crippen MR) is 83.4 cm³/mol. The molecule has 2 fully saturated rings. The molecule has 1 aliphatic heterocycles. The number of amides is 1. The van der Waals surface area contributed by atoms with Gasteiger partial charge in [0.15, 0.2) is 0 Å². The van der Waals surface area contributed by atoms with Gasteiger partial charge in [-0.15, -0.1) is 0 Å². The molecule has 1 saturated carbocycles. The number of halogens is 1. The average molecular weight is 308 g/mol. The summed E-state index contributed by atoms with van der Waals surface area (Å²) < 4.78 is 0. The van der Waals surface area contributed by atoms with Crippen molar-refractivity contribution in [3.63, 3.8) is 0 Å². The highest BCUT2D eigenvalue weighted by atomic mass is 35.5. The molecule has 0 aromatic heterocycles. The SMILES string of the molecule is O=C(N1CCCC(CCO)C1)C1(c2ccc(Cl)cc2)CC1. The van der Waals surface area contributed by atoms with E-state index >= 15 is 0 Å². The van der Waals surface area contributed by atoms with Crippen LogP contribution in [0.5, 0.6) is 0 Å². The summed E-state index contributed by atoms with van der Waals surface area (Å²) in [6.45, 7) is 1.87. The molecule has 1 unspecified atom stereocenters. The van der Waals surface area contributed by atoms with Crippen LogP contribution in [0.4, 0.5) is 0 Å². The summed E-state index contributed by atoms with van der Waals surface area (Å²) in [7, 11) is 0. The van der Waals surface area contributed by atoms with Gasteiger partial charge in [0.25, 0.3) is 0 Å². The van der Waals surface area contributed by atoms with E-state index in [1.54, 1.807) is 0 Å². The van der Waals surface area contributed by atoms with E-state index in [1.165, 1.54) is 0 Å². The lowest BCUT2D eigenvalue weighted by Crippen LogP contribution is -2.45. The fourth-order valence-electron chi connectivity index (χ4n) is 3.49. The summed E-state index contributed by atoms with van der Waals surface area (Å²) in [6, 6.07) is 7.72. The maximum absolute atomic E-state index is 12.9. The minimum absolute atomic E-state index is 0.217. The molecule has 0 spiro atoms. The lowest BCUT2D eigenvalue weighted by molar-refractivity contribution is -0.136. The largest absolute Gasteiger partial charge is 0.396 e. The third-order valence-corrected chi connectivity index (χ3v) is 5.15. The number of aliphatic hydroxyl groups is 1. The highest BCUT2D eigenvalue weighted by Gasteiger charge is 2.53. The first-order chi connectivity index (χ1) is 10.2. The Morgan fingerprint density at radius 2 is 2.05 bits per heavy atom. The van der Waals surface area contributed by atoms with E-state index in [4.69, 9.17) is 16.7 Å². The number of nitrogens with zero attached hydrogens (tertiary/aromatic N) is 1. The van der Waals surface area contributed by atoms with Crippen molar-refractivity contribution < 1.29 is 9.90 Å². The lowest BCUT2D eigenvalue weighted by Gasteiger charge is -2.35.